The number of phosphoric ester groups is 1. The van der Waals surface area contributed by atoms with Crippen molar-refractivity contribution in [1.29, 1.82) is 0 Å². The number of aromatic amines is 1. The molecule has 0 spiro atoms. The Balaban J connectivity index is 1.58. The van der Waals surface area contributed by atoms with Gasteiger partial charge in [0.2, 0.25) is 5.91 Å². The van der Waals surface area contributed by atoms with Crippen LogP contribution in [0.25, 0.3) is 0 Å². The standard InChI is InChI=1S/C19H28N3O17P3/c23-12-6-17(37-15(12)10-36-41(32,33)39-42(34,35)38-40(29,30)31)22-7-11(18(27)20-19(22)28)4-2-1-3-5-16(26)21-8-13(24)14(25)9-21/h7,12-15,17,23-25H,1,3,5-6,8-10H2,(H,32,33)(H,34,35)(H,20,27,28)(H2,29,30,31)/t12-,13-,14+,15+,17+/m0/s1. The van der Waals surface area contributed by atoms with Gasteiger partial charge < -0.3 is 44.5 Å². The Morgan fingerprint density at radius 1 is 1.02 bits per heavy atom. The van der Waals surface area contributed by atoms with Gasteiger partial charge in [0.15, 0.2) is 0 Å². The van der Waals surface area contributed by atoms with Gasteiger partial charge in [0.25, 0.3) is 5.56 Å². The highest BCUT2D eigenvalue weighted by atomic mass is 31.3. The van der Waals surface area contributed by atoms with Gasteiger partial charge in [0.1, 0.15) is 17.9 Å². The van der Waals surface area contributed by atoms with Crippen LogP contribution in [0, 0.1) is 11.8 Å². The molecule has 2 fully saturated rings. The van der Waals surface area contributed by atoms with Crippen LogP contribution in [0.4, 0.5) is 0 Å². The van der Waals surface area contributed by atoms with E-state index >= 15 is 0 Å². The molecular formula is C19H28N3O17P3. The van der Waals surface area contributed by atoms with Crippen LogP contribution >= 0.6 is 23.5 Å². The topological polar surface area (TPSA) is 305 Å². The molecular weight excluding hydrogens is 635 g/mol. The Bertz CT molecular complexity index is 1470. The number of carbonyl (C=O) groups excluding carboxylic acids is 1. The number of hydrogen-bond acceptors (Lipinski definition) is 13. The molecule has 2 saturated heterocycles. The Morgan fingerprint density at radius 2 is 1.67 bits per heavy atom. The number of ether oxygens (including phenoxy) is 1. The van der Waals surface area contributed by atoms with Crippen LogP contribution < -0.4 is 11.2 Å². The number of likely N-dealkylation sites (tertiary alicyclic amines) is 1. The highest BCUT2D eigenvalue weighted by molar-refractivity contribution is 7.66. The number of carbonyl (C=O) groups is 1. The maximum Gasteiger partial charge on any atom is 0.490 e. The summed E-state index contributed by atoms with van der Waals surface area (Å²) in [7, 11) is -16.8. The SMILES string of the molecule is O=C(CCCC#Cc1cn([C@H]2C[C@H](O)[C@@H](COP(=O)(O)OP(=O)(O)OP(=O)(O)O)O2)c(=O)[nH]c1=O)N1C[C@@H](O)[C@@H](O)C1. The van der Waals surface area contributed by atoms with Crippen molar-refractivity contribution in [2.45, 2.75) is 56.3 Å². The van der Waals surface area contributed by atoms with Crippen molar-refractivity contribution < 1.29 is 71.3 Å². The fraction of sp³-hybridized carbons (Fsp3) is 0.632. The van der Waals surface area contributed by atoms with Crippen molar-refractivity contribution in [3.63, 3.8) is 0 Å². The highest BCUT2D eigenvalue weighted by Gasteiger charge is 2.43. The van der Waals surface area contributed by atoms with E-state index in [1.54, 1.807) is 0 Å². The summed E-state index contributed by atoms with van der Waals surface area (Å²) in [6.45, 7) is -0.903. The Kier molecular flexibility index (Phi) is 11.3. The van der Waals surface area contributed by atoms with Crippen molar-refractivity contribution in [2.24, 2.45) is 0 Å². The van der Waals surface area contributed by atoms with Crippen LogP contribution in [0.1, 0.15) is 37.5 Å². The zero-order chi connectivity index (χ0) is 31.5. The minimum atomic E-state index is -5.75. The first kappa shape index (κ1) is 34.5. The summed E-state index contributed by atoms with van der Waals surface area (Å²) in [6.07, 6.45) is -4.74. The van der Waals surface area contributed by atoms with E-state index in [4.69, 9.17) is 14.5 Å². The van der Waals surface area contributed by atoms with Gasteiger partial charge in [-0.2, -0.15) is 8.62 Å². The molecule has 0 saturated carbocycles. The number of phosphoric acid groups is 3. The quantitative estimate of drug-likeness (QED) is 0.0696. The van der Waals surface area contributed by atoms with E-state index in [0.717, 1.165) is 10.8 Å². The minimum absolute atomic E-state index is 0.0275. The van der Waals surface area contributed by atoms with Crippen LogP contribution in [-0.4, -0.2) is 99.4 Å². The third-order valence-corrected chi connectivity index (χ3v) is 9.63. The van der Waals surface area contributed by atoms with E-state index in [1.165, 1.54) is 4.90 Å². The van der Waals surface area contributed by atoms with Gasteiger partial charge in [0.05, 0.1) is 24.9 Å². The summed E-state index contributed by atoms with van der Waals surface area (Å²) in [6, 6.07) is 0. The summed E-state index contributed by atoms with van der Waals surface area (Å²) in [5.74, 6) is 4.97. The molecule has 2 aliphatic rings. The Hall–Kier alpha value is -2.04. The smallest absolute Gasteiger partial charge is 0.390 e. The molecule has 8 N–H and O–H groups in total. The lowest BCUT2D eigenvalue weighted by Crippen LogP contribution is -2.33. The third-order valence-electron chi connectivity index (χ3n) is 5.83. The van der Waals surface area contributed by atoms with E-state index < -0.39 is 72.0 Å². The van der Waals surface area contributed by atoms with Gasteiger partial charge in [-0.3, -0.25) is 23.7 Å². The number of rotatable bonds is 11. The molecule has 1 aromatic rings. The second-order valence-electron chi connectivity index (χ2n) is 9.12. The average molecular weight is 663 g/mol. The van der Waals surface area contributed by atoms with Gasteiger partial charge in [0, 0.05) is 38.5 Å². The Labute approximate surface area is 235 Å². The molecule has 20 nitrogen and oxygen atoms in total. The number of aliphatic hydroxyl groups excluding tert-OH is 3. The zero-order valence-electron chi connectivity index (χ0n) is 21.4. The number of hydrogen-bond donors (Lipinski definition) is 8. The van der Waals surface area contributed by atoms with Crippen molar-refractivity contribution in [2.75, 3.05) is 19.7 Å². The van der Waals surface area contributed by atoms with Crippen LogP contribution in [-0.2, 0) is 36.4 Å². The molecule has 2 aliphatic heterocycles. The Morgan fingerprint density at radius 3 is 2.29 bits per heavy atom. The fourth-order valence-corrected chi connectivity index (χ4v) is 6.94. The molecule has 0 aromatic carbocycles. The predicted molar refractivity (Wildman–Crippen MR) is 135 cm³/mol. The third kappa shape index (κ3) is 10.0. The number of aliphatic hydroxyl groups is 3. The molecule has 236 valence electrons. The average Bonchev–Trinajstić information content (AvgIpc) is 3.37. The van der Waals surface area contributed by atoms with Crippen LogP contribution in [0.2, 0.25) is 0 Å². The first-order chi connectivity index (χ1) is 19.4. The summed E-state index contributed by atoms with van der Waals surface area (Å²) in [5.41, 5.74) is -1.94. The fourth-order valence-electron chi connectivity index (χ4n) is 3.91. The van der Waals surface area contributed by atoms with Crippen molar-refractivity contribution in [1.82, 2.24) is 14.5 Å². The number of aromatic nitrogens is 2. The summed E-state index contributed by atoms with van der Waals surface area (Å²) < 4.78 is 52.0. The molecule has 1 amide bonds. The van der Waals surface area contributed by atoms with Crippen molar-refractivity contribution in [3.8, 4) is 11.8 Å². The van der Waals surface area contributed by atoms with Crippen LogP contribution in [0.5, 0.6) is 0 Å². The van der Waals surface area contributed by atoms with E-state index in [0.29, 0.717) is 6.42 Å². The second-order valence-corrected chi connectivity index (χ2v) is 13.5. The van der Waals surface area contributed by atoms with E-state index in [1.807, 2.05) is 4.98 Å². The van der Waals surface area contributed by atoms with Crippen molar-refractivity contribution >= 4 is 29.4 Å². The monoisotopic (exact) mass is 663 g/mol. The number of nitrogens with one attached hydrogen (secondary N) is 1. The maximum absolute atomic E-state index is 12.4. The minimum Gasteiger partial charge on any atom is -0.390 e. The molecule has 0 aliphatic carbocycles. The largest absolute Gasteiger partial charge is 0.490 e. The first-order valence-electron chi connectivity index (χ1n) is 12.0. The van der Waals surface area contributed by atoms with Gasteiger partial charge in [-0.05, 0) is 6.42 Å². The number of unbranched alkanes of at least 4 members (excludes halogenated alkanes) is 1. The number of amides is 1. The molecule has 2 unspecified atom stereocenters. The summed E-state index contributed by atoms with van der Waals surface area (Å²) in [5, 5.41) is 29.3. The number of nitrogens with zero attached hydrogens (tertiary/aromatic N) is 2. The molecule has 3 heterocycles. The first-order valence-corrected chi connectivity index (χ1v) is 16.5. The molecule has 0 radical (unpaired) electrons. The summed E-state index contributed by atoms with van der Waals surface area (Å²) >= 11 is 0. The molecule has 7 atom stereocenters. The number of β-amino-alcohol motifs (C(OH)–C–C–N with tert-alkyl or cyclic N) is 2. The molecule has 3 rings (SSSR count). The highest BCUT2D eigenvalue weighted by Crippen LogP contribution is 2.66. The van der Waals surface area contributed by atoms with Gasteiger partial charge in [-0.25, -0.2) is 18.5 Å². The number of H-pyrrole nitrogens is 1. The lowest BCUT2D eigenvalue weighted by molar-refractivity contribution is -0.130. The van der Waals surface area contributed by atoms with Gasteiger partial charge in [-0.15, -0.1) is 0 Å². The molecule has 1 aromatic heterocycles. The lowest BCUT2D eigenvalue weighted by Gasteiger charge is -2.19. The lowest BCUT2D eigenvalue weighted by atomic mass is 10.2. The normalized spacial score (nSPS) is 27.2. The van der Waals surface area contributed by atoms with Gasteiger partial charge in [-0.1, -0.05) is 11.8 Å². The summed E-state index contributed by atoms with van der Waals surface area (Å²) in [4.78, 5) is 75.9. The van der Waals surface area contributed by atoms with Crippen molar-refractivity contribution in [3.05, 3.63) is 32.6 Å². The molecule has 0 bridgehead atoms. The molecule has 42 heavy (non-hydrogen) atoms. The maximum atomic E-state index is 12.4. The molecule has 23 heteroatoms. The second kappa shape index (κ2) is 13.7. The zero-order valence-corrected chi connectivity index (χ0v) is 24.0. The van der Waals surface area contributed by atoms with E-state index in [2.05, 4.69) is 25.0 Å². The van der Waals surface area contributed by atoms with Crippen LogP contribution in [0.15, 0.2) is 15.8 Å². The van der Waals surface area contributed by atoms with E-state index in [-0.39, 0.29) is 43.8 Å². The predicted octanol–water partition coefficient (Wildman–Crippen LogP) is -2.39. The van der Waals surface area contributed by atoms with E-state index in [9.17, 15) is 53.2 Å². The van der Waals surface area contributed by atoms with Gasteiger partial charge >= 0.3 is 29.2 Å². The van der Waals surface area contributed by atoms with Crippen LogP contribution in [0.3, 0.4) is 0 Å².